The number of ether oxygens (including phenoxy) is 2. The normalized spacial score (nSPS) is 24.4. The molecule has 1 aromatic rings. The summed E-state index contributed by atoms with van der Waals surface area (Å²) in [5, 5.41) is 3.90. The second kappa shape index (κ2) is 5.43. The van der Waals surface area contributed by atoms with Crippen LogP contribution in [0.1, 0.15) is 24.3 Å². The fourth-order valence-corrected chi connectivity index (χ4v) is 1.84. The molecule has 5 heteroatoms. The van der Waals surface area contributed by atoms with Crippen molar-refractivity contribution in [2.45, 2.75) is 32.2 Å². The van der Waals surface area contributed by atoms with Gasteiger partial charge in [-0.25, -0.2) is 0 Å². The van der Waals surface area contributed by atoms with Gasteiger partial charge in [-0.1, -0.05) is 5.16 Å². The summed E-state index contributed by atoms with van der Waals surface area (Å²) in [4.78, 5) is 0. The largest absolute Gasteiger partial charge is 0.377 e. The van der Waals surface area contributed by atoms with E-state index in [9.17, 15) is 0 Å². The third-order valence-electron chi connectivity index (χ3n) is 2.89. The molecule has 90 valence electrons. The molecule has 5 nitrogen and oxygen atoms in total. The predicted octanol–water partition coefficient (Wildman–Crippen LogP) is 1.07. The van der Waals surface area contributed by atoms with Crippen molar-refractivity contribution in [3.8, 4) is 0 Å². The molecule has 0 spiro atoms. The molecule has 0 saturated heterocycles. The summed E-state index contributed by atoms with van der Waals surface area (Å²) in [7, 11) is 1.63. The Labute approximate surface area is 94.9 Å². The quantitative estimate of drug-likeness (QED) is 0.785. The molecule has 1 heterocycles. The van der Waals surface area contributed by atoms with Crippen LogP contribution in [0.25, 0.3) is 0 Å². The first-order valence-corrected chi connectivity index (χ1v) is 5.57. The smallest absolute Gasteiger partial charge is 0.162 e. The van der Waals surface area contributed by atoms with Crippen molar-refractivity contribution < 1.29 is 14.0 Å². The maximum absolute atomic E-state index is 5.67. The molecule has 0 radical (unpaired) electrons. The molecule has 0 unspecified atom stereocenters. The molecule has 2 rings (SSSR count). The highest BCUT2D eigenvalue weighted by atomic mass is 16.5. The molecule has 0 aromatic carbocycles. The van der Waals surface area contributed by atoms with E-state index in [-0.39, 0.29) is 0 Å². The molecule has 1 aliphatic carbocycles. The lowest BCUT2D eigenvalue weighted by Crippen LogP contribution is -2.35. The molecule has 2 N–H and O–H groups in total. The second-order valence-corrected chi connectivity index (χ2v) is 4.22. The summed E-state index contributed by atoms with van der Waals surface area (Å²) in [6, 6.07) is 1.86. The van der Waals surface area contributed by atoms with E-state index in [1.807, 2.05) is 6.07 Å². The lowest BCUT2D eigenvalue weighted by atomic mass is 9.82. The van der Waals surface area contributed by atoms with Crippen LogP contribution >= 0.6 is 0 Å². The number of hydrogen-bond donors (Lipinski definition) is 1. The van der Waals surface area contributed by atoms with E-state index >= 15 is 0 Å². The number of methoxy groups -OCH3 is 1. The van der Waals surface area contributed by atoms with Gasteiger partial charge in [0.25, 0.3) is 0 Å². The van der Waals surface area contributed by atoms with Crippen LogP contribution in [-0.4, -0.2) is 24.9 Å². The molecule has 1 saturated carbocycles. The first kappa shape index (κ1) is 11.6. The number of nitrogens with zero attached hydrogens (tertiary/aromatic N) is 1. The lowest BCUT2D eigenvalue weighted by Gasteiger charge is -2.33. The zero-order chi connectivity index (χ0) is 11.4. The Hall–Kier alpha value is -0.910. The first-order chi connectivity index (χ1) is 7.81. The Bertz CT molecular complexity index is 321. The fraction of sp³-hybridized carbons (Fsp3) is 0.727. The molecular weight excluding hydrogens is 208 g/mol. The highest BCUT2D eigenvalue weighted by Crippen LogP contribution is 2.29. The Kier molecular flexibility index (Phi) is 3.93. The average molecular weight is 226 g/mol. The highest BCUT2D eigenvalue weighted by Gasteiger charge is 2.28. The minimum absolute atomic E-state index is 0.344. The minimum atomic E-state index is 0.344. The van der Waals surface area contributed by atoms with Gasteiger partial charge in [0.15, 0.2) is 5.76 Å². The molecule has 0 bridgehead atoms. The standard InChI is InChI=1S/C11H18N2O3/c1-14-7-11-4-9(13-16-11)6-15-10-2-8(3-10)5-12/h4,8,10H,2-3,5-7,12H2,1H3. The zero-order valence-electron chi connectivity index (χ0n) is 9.52. The van der Waals surface area contributed by atoms with Gasteiger partial charge in [0.1, 0.15) is 12.3 Å². The number of nitrogens with two attached hydrogens (primary N) is 1. The number of hydrogen-bond acceptors (Lipinski definition) is 5. The van der Waals surface area contributed by atoms with Gasteiger partial charge in [0.05, 0.1) is 12.7 Å². The predicted molar refractivity (Wildman–Crippen MR) is 57.6 cm³/mol. The van der Waals surface area contributed by atoms with Crippen molar-refractivity contribution in [3.05, 3.63) is 17.5 Å². The average Bonchev–Trinajstić information content (AvgIpc) is 2.64. The molecule has 1 fully saturated rings. The monoisotopic (exact) mass is 226 g/mol. The summed E-state index contributed by atoms with van der Waals surface area (Å²) in [6.45, 7) is 1.72. The van der Waals surface area contributed by atoms with Crippen LogP contribution in [-0.2, 0) is 22.7 Å². The highest BCUT2D eigenvalue weighted by molar-refractivity contribution is 5.03. The lowest BCUT2D eigenvalue weighted by molar-refractivity contribution is -0.0394. The van der Waals surface area contributed by atoms with Crippen LogP contribution in [0, 0.1) is 5.92 Å². The summed E-state index contributed by atoms with van der Waals surface area (Å²) < 4.78 is 15.7. The van der Waals surface area contributed by atoms with E-state index in [2.05, 4.69) is 5.16 Å². The van der Waals surface area contributed by atoms with Crippen molar-refractivity contribution in [2.24, 2.45) is 11.7 Å². The van der Waals surface area contributed by atoms with Crippen molar-refractivity contribution in [3.63, 3.8) is 0 Å². The SMILES string of the molecule is COCc1cc(COC2CC(CN)C2)no1. The van der Waals surface area contributed by atoms with E-state index in [4.69, 9.17) is 19.7 Å². The van der Waals surface area contributed by atoms with Gasteiger partial charge < -0.3 is 19.7 Å². The van der Waals surface area contributed by atoms with Gasteiger partial charge in [-0.05, 0) is 25.3 Å². The van der Waals surface area contributed by atoms with Crippen LogP contribution in [0.2, 0.25) is 0 Å². The van der Waals surface area contributed by atoms with E-state index < -0.39 is 0 Å². The van der Waals surface area contributed by atoms with Crippen molar-refractivity contribution >= 4 is 0 Å². The Balaban J connectivity index is 1.69. The Morgan fingerprint density at radius 3 is 3.00 bits per heavy atom. The fourth-order valence-electron chi connectivity index (χ4n) is 1.84. The summed E-state index contributed by atoms with van der Waals surface area (Å²) >= 11 is 0. The van der Waals surface area contributed by atoms with Gasteiger partial charge in [-0.2, -0.15) is 0 Å². The summed E-state index contributed by atoms with van der Waals surface area (Å²) in [5.41, 5.74) is 6.37. The van der Waals surface area contributed by atoms with E-state index in [0.29, 0.717) is 25.2 Å². The van der Waals surface area contributed by atoms with Crippen LogP contribution in [0.4, 0.5) is 0 Å². The van der Waals surface area contributed by atoms with Crippen molar-refractivity contribution in [2.75, 3.05) is 13.7 Å². The third-order valence-corrected chi connectivity index (χ3v) is 2.89. The Morgan fingerprint density at radius 1 is 1.50 bits per heavy atom. The maximum Gasteiger partial charge on any atom is 0.162 e. The van der Waals surface area contributed by atoms with Gasteiger partial charge in [-0.3, -0.25) is 0 Å². The number of rotatable bonds is 6. The van der Waals surface area contributed by atoms with Gasteiger partial charge in [0, 0.05) is 13.2 Å². The molecule has 0 amide bonds. The second-order valence-electron chi connectivity index (χ2n) is 4.22. The van der Waals surface area contributed by atoms with Gasteiger partial charge >= 0.3 is 0 Å². The van der Waals surface area contributed by atoms with E-state index in [1.165, 1.54) is 0 Å². The number of aromatic nitrogens is 1. The van der Waals surface area contributed by atoms with Crippen LogP contribution < -0.4 is 5.73 Å². The van der Waals surface area contributed by atoms with Crippen LogP contribution in [0.15, 0.2) is 10.6 Å². The summed E-state index contributed by atoms with van der Waals surface area (Å²) in [5.74, 6) is 1.38. The molecular formula is C11H18N2O3. The maximum atomic E-state index is 5.67. The Morgan fingerprint density at radius 2 is 2.31 bits per heavy atom. The molecule has 1 aromatic heterocycles. The molecule has 16 heavy (non-hydrogen) atoms. The molecule has 0 atom stereocenters. The third kappa shape index (κ3) is 2.81. The molecule has 1 aliphatic rings. The van der Waals surface area contributed by atoms with E-state index in [1.54, 1.807) is 7.11 Å². The topological polar surface area (TPSA) is 70.5 Å². The minimum Gasteiger partial charge on any atom is -0.377 e. The van der Waals surface area contributed by atoms with Crippen molar-refractivity contribution in [1.29, 1.82) is 0 Å². The van der Waals surface area contributed by atoms with Gasteiger partial charge in [0.2, 0.25) is 0 Å². The van der Waals surface area contributed by atoms with Crippen molar-refractivity contribution in [1.82, 2.24) is 5.16 Å². The van der Waals surface area contributed by atoms with Crippen LogP contribution in [0.3, 0.4) is 0 Å². The molecule has 0 aliphatic heterocycles. The van der Waals surface area contributed by atoms with Crippen LogP contribution in [0.5, 0.6) is 0 Å². The first-order valence-electron chi connectivity index (χ1n) is 5.57. The van der Waals surface area contributed by atoms with Gasteiger partial charge in [-0.15, -0.1) is 0 Å². The van der Waals surface area contributed by atoms with E-state index in [0.717, 1.165) is 30.8 Å². The zero-order valence-corrected chi connectivity index (χ0v) is 9.52. The summed E-state index contributed by atoms with van der Waals surface area (Å²) in [6.07, 6.45) is 2.48.